The van der Waals surface area contributed by atoms with Gasteiger partial charge in [0.2, 0.25) is 0 Å². The van der Waals surface area contributed by atoms with Crippen molar-refractivity contribution < 1.29 is 17.9 Å². The normalized spacial score (nSPS) is 20.0. The van der Waals surface area contributed by atoms with Gasteiger partial charge in [-0.1, -0.05) is 0 Å². The maximum atomic E-state index is 12.9. The summed E-state index contributed by atoms with van der Waals surface area (Å²) in [6.07, 6.45) is -1.39. The number of alkyl halides is 3. The second kappa shape index (κ2) is 6.91. The quantitative estimate of drug-likeness (QED) is 0.807. The summed E-state index contributed by atoms with van der Waals surface area (Å²) < 4.78 is 45.5. The third-order valence-electron chi connectivity index (χ3n) is 4.90. The van der Waals surface area contributed by atoms with Crippen LogP contribution in [0.2, 0.25) is 0 Å². The predicted molar refractivity (Wildman–Crippen MR) is 89.3 cm³/mol. The fourth-order valence-electron chi connectivity index (χ4n) is 3.57. The Kier molecular flexibility index (Phi) is 4.58. The third-order valence-corrected chi connectivity index (χ3v) is 4.90. The van der Waals surface area contributed by atoms with Crippen molar-refractivity contribution in [2.75, 3.05) is 18.1 Å². The van der Waals surface area contributed by atoms with E-state index in [1.165, 1.54) is 10.7 Å². The molecule has 7 nitrogen and oxygen atoms in total. The van der Waals surface area contributed by atoms with Crippen LogP contribution in [-0.2, 0) is 30.5 Å². The number of hydrogen-bond donors (Lipinski definition) is 0. The minimum Gasteiger partial charge on any atom is -0.376 e. The van der Waals surface area contributed by atoms with Crippen LogP contribution in [0.5, 0.6) is 0 Å². The number of fused-ring (bicyclic) bond motifs is 1. The monoisotopic (exact) mass is 381 g/mol. The van der Waals surface area contributed by atoms with Crippen molar-refractivity contribution in [3.05, 3.63) is 45.8 Å². The Bertz CT molecular complexity index is 899. The molecule has 0 spiro atoms. The summed E-state index contributed by atoms with van der Waals surface area (Å²) in [4.78, 5) is 21.5. The number of aromatic nitrogens is 4. The molecule has 27 heavy (non-hydrogen) atoms. The minimum absolute atomic E-state index is 0.149. The summed E-state index contributed by atoms with van der Waals surface area (Å²) >= 11 is 0. The molecule has 1 saturated heterocycles. The summed E-state index contributed by atoms with van der Waals surface area (Å²) in [5, 5.41) is 4.45. The number of hydrogen-bond acceptors (Lipinski definition) is 6. The molecule has 0 aliphatic carbocycles. The van der Waals surface area contributed by atoms with Gasteiger partial charge >= 0.3 is 6.18 Å². The molecule has 2 aromatic heterocycles. The van der Waals surface area contributed by atoms with E-state index in [-0.39, 0.29) is 17.4 Å². The highest BCUT2D eigenvalue weighted by Gasteiger charge is 2.34. The lowest BCUT2D eigenvalue weighted by atomic mass is 10.1. The Balaban J connectivity index is 1.59. The van der Waals surface area contributed by atoms with Crippen LogP contribution < -0.4 is 10.5 Å². The van der Waals surface area contributed by atoms with Crippen LogP contribution >= 0.6 is 0 Å². The van der Waals surface area contributed by atoms with Crippen LogP contribution in [0, 0.1) is 0 Å². The van der Waals surface area contributed by atoms with E-state index < -0.39 is 11.9 Å². The lowest BCUT2D eigenvalue weighted by Crippen LogP contribution is -2.38. The second-order valence-corrected chi connectivity index (χ2v) is 6.69. The number of nitrogens with zero attached hydrogens (tertiary/aromatic N) is 5. The highest BCUT2D eigenvalue weighted by molar-refractivity contribution is 5.42. The number of rotatable bonds is 3. The van der Waals surface area contributed by atoms with Crippen molar-refractivity contribution in [1.29, 1.82) is 0 Å². The van der Waals surface area contributed by atoms with Crippen molar-refractivity contribution in [1.82, 2.24) is 19.7 Å². The second-order valence-electron chi connectivity index (χ2n) is 6.69. The molecule has 0 radical (unpaired) electrons. The first-order valence-electron chi connectivity index (χ1n) is 8.75. The van der Waals surface area contributed by atoms with Gasteiger partial charge in [-0.2, -0.15) is 18.3 Å². The van der Waals surface area contributed by atoms with E-state index in [9.17, 15) is 18.0 Å². The molecule has 1 fully saturated rings. The van der Waals surface area contributed by atoms with E-state index in [1.807, 2.05) is 0 Å². The maximum Gasteiger partial charge on any atom is 0.433 e. The first kappa shape index (κ1) is 17.9. The Morgan fingerprint density at radius 2 is 2.11 bits per heavy atom. The zero-order valence-electron chi connectivity index (χ0n) is 14.4. The molecule has 1 unspecified atom stereocenters. The molecule has 1 atom stereocenters. The lowest BCUT2D eigenvalue weighted by Gasteiger charge is -2.26. The molecule has 0 bridgehead atoms. The summed E-state index contributed by atoms with van der Waals surface area (Å²) in [6.45, 7) is 1.83. The van der Waals surface area contributed by atoms with E-state index in [4.69, 9.17) is 4.74 Å². The SMILES string of the molecule is O=c1cc2c(nn1CC1CCCN1c1cc(C(F)(F)F)ncn1)CCOC2. The summed E-state index contributed by atoms with van der Waals surface area (Å²) in [6, 6.07) is 2.34. The van der Waals surface area contributed by atoms with Gasteiger partial charge in [0.05, 0.1) is 31.5 Å². The molecule has 0 N–H and O–H groups in total. The van der Waals surface area contributed by atoms with Crippen LogP contribution in [-0.4, -0.2) is 38.9 Å². The summed E-state index contributed by atoms with van der Waals surface area (Å²) in [7, 11) is 0. The predicted octanol–water partition coefficient (Wildman–Crippen LogP) is 1.79. The first-order chi connectivity index (χ1) is 12.9. The minimum atomic E-state index is -4.52. The lowest BCUT2D eigenvalue weighted by molar-refractivity contribution is -0.141. The van der Waals surface area contributed by atoms with Crippen molar-refractivity contribution in [2.24, 2.45) is 0 Å². The van der Waals surface area contributed by atoms with E-state index in [1.54, 1.807) is 4.90 Å². The van der Waals surface area contributed by atoms with Crippen LogP contribution in [0.4, 0.5) is 19.0 Å². The fourth-order valence-corrected chi connectivity index (χ4v) is 3.57. The third kappa shape index (κ3) is 3.66. The highest BCUT2D eigenvalue weighted by Crippen LogP contribution is 2.31. The number of halogens is 3. The zero-order chi connectivity index (χ0) is 19.0. The Morgan fingerprint density at radius 1 is 1.26 bits per heavy atom. The van der Waals surface area contributed by atoms with Gasteiger partial charge in [0.15, 0.2) is 0 Å². The molecule has 144 valence electrons. The standard InChI is InChI=1S/C17H18F3N5O2/c18-17(19,20)14-7-15(22-10-21-14)24-4-1-2-12(24)8-25-16(26)6-11-9-27-5-3-13(11)23-25/h6-7,10,12H,1-5,8-9H2. The summed E-state index contributed by atoms with van der Waals surface area (Å²) in [5.41, 5.74) is 0.440. The van der Waals surface area contributed by atoms with Gasteiger partial charge in [0, 0.05) is 30.7 Å². The van der Waals surface area contributed by atoms with Gasteiger partial charge in [-0.25, -0.2) is 14.6 Å². The maximum absolute atomic E-state index is 12.9. The van der Waals surface area contributed by atoms with E-state index in [2.05, 4.69) is 15.1 Å². The summed E-state index contributed by atoms with van der Waals surface area (Å²) in [5.74, 6) is 0.222. The molecular formula is C17H18F3N5O2. The first-order valence-corrected chi connectivity index (χ1v) is 8.75. The van der Waals surface area contributed by atoms with Gasteiger partial charge < -0.3 is 9.64 Å². The van der Waals surface area contributed by atoms with Crippen molar-refractivity contribution in [3.63, 3.8) is 0 Å². The Labute approximate surface area is 152 Å². The van der Waals surface area contributed by atoms with Crippen molar-refractivity contribution >= 4 is 5.82 Å². The van der Waals surface area contributed by atoms with Crippen LogP contribution in [0.25, 0.3) is 0 Å². The van der Waals surface area contributed by atoms with Gasteiger partial charge in [0.1, 0.15) is 17.8 Å². The molecule has 0 amide bonds. The van der Waals surface area contributed by atoms with Crippen LogP contribution in [0.15, 0.2) is 23.3 Å². The fraction of sp³-hybridized carbons (Fsp3) is 0.529. The zero-order valence-corrected chi connectivity index (χ0v) is 14.4. The average Bonchev–Trinajstić information content (AvgIpc) is 3.10. The van der Waals surface area contributed by atoms with Gasteiger partial charge in [0.25, 0.3) is 5.56 Å². The molecule has 2 aliphatic rings. The molecular weight excluding hydrogens is 363 g/mol. The van der Waals surface area contributed by atoms with Gasteiger partial charge in [-0.3, -0.25) is 4.79 Å². The van der Waals surface area contributed by atoms with Crippen molar-refractivity contribution in [2.45, 2.75) is 44.6 Å². The molecule has 4 heterocycles. The van der Waals surface area contributed by atoms with E-state index >= 15 is 0 Å². The highest BCUT2D eigenvalue weighted by atomic mass is 19.4. The molecule has 0 aromatic carbocycles. The molecule has 2 aliphatic heterocycles. The molecule has 2 aromatic rings. The Hall–Kier alpha value is -2.49. The van der Waals surface area contributed by atoms with E-state index in [0.29, 0.717) is 32.7 Å². The average molecular weight is 381 g/mol. The molecule has 10 heteroatoms. The van der Waals surface area contributed by atoms with Crippen LogP contribution in [0.1, 0.15) is 29.8 Å². The van der Waals surface area contributed by atoms with Gasteiger partial charge in [-0.15, -0.1) is 0 Å². The topological polar surface area (TPSA) is 73.1 Å². The smallest absolute Gasteiger partial charge is 0.376 e. The largest absolute Gasteiger partial charge is 0.433 e. The molecule has 0 saturated carbocycles. The van der Waals surface area contributed by atoms with Crippen LogP contribution in [0.3, 0.4) is 0 Å². The Morgan fingerprint density at radius 3 is 2.93 bits per heavy atom. The van der Waals surface area contributed by atoms with E-state index in [0.717, 1.165) is 36.5 Å². The van der Waals surface area contributed by atoms with Gasteiger partial charge in [-0.05, 0) is 12.8 Å². The number of anilines is 1. The van der Waals surface area contributed by atoms with Crippen molar-refractivity contribution in [3.8, 4) is 0 Å². The molecule has 4 rings (SSSR count). The number of ether oxygens (including phenoxy) is 1.